The number of hydrogen-bond acceptors (Lipinski definition) is 3. The second-order valence-electron chi connectivity index (χ2n) is 6.61. The highest BCUT2D eigenvalue weighted by atomic mass is 16.6. The second-order valence-corrected chi connectivity index (χ2v) is 6.61. The molecule has 1 aromatic rings. The quantitative estimate of drug-likeness (QED) is 0.858. The van der Waals surface area contributed by atoms with Crippen LogP contribution in [0.5, 0.6) is 0 Å². The van der Waals surface area contributed by atoms with Crippen LogP contribution in [0.3, 0.4) is 0 Å². The number of rotatable bonds is 4. The van der Waals surface area contributed by atoms with E-state index in [2.05, 4.69) is 6.92 Å². The van der Waals surface area contributed by atoms with Crippen LogP contribution in [-0.2, 0) is 16.0 Å². The van der Waals surface area contributed by atoms with Crippen LogP contribution in [0.4, 0.5) is 0 Å². The second kappa shape index (κ2) is 5.21. The van der Waals surface area contributed by atoms with E-state index in [0.717, 1.165) is 17.9 Å². The fourth-order valence-electron chi connectivity index (χ4n) is 3.94. The molecule has 20 heavy (non-hydrogen) atoms. The van der Waals surface area contributed by atoms with Gasteiger partial charge in [-0.3, -0.25) is 4.79 Å². The minimum absolute atomic E-state index is 0.246. The summed E-state index contributed by atoms with van der Waals surface area (Å²) in [6, 6.07) is 9.31. The molecule has 1 aromatic carbocycles. The lowest BCUT2D eigenvalue weighted by atomic mass is 9.85. The molecule has 3 nitrogen and oxygen atoms in total. The molecule has 4 atom stereocenters. The highest BCUT2D eigenvalue weighted by Gasteiger charge is 2.50. The fourth-order valence-corrected chi connectivity index (χ4v) is 3.94. The highest BCUT2D eigenvalue weighted by molar-refractivity contribution is 5.76. The van der Waals surface area contributed by atoms with Crippen LogP contribution in [0.25, 0.3) is 0 Å². The van der Waals surface area contributed by atoms with Gasteiger partial charge in [0.15, 0.2) is 0 Å². The zero-order valence-electron chi connectivity index (χ0n) is 12.0. The molecule has 2 aliphatic rings. The summed E-state index contributed by atoms with van der Waals surface area (Å²) in [4.78, 5) is 12.2. The van der Waals surface area contributed by atoms with Crippen molar-refractivity contribution in [3.63, 3.8) is 0 Å². The van der Waals surface area contributed by atoms with Crippen LogP contribution in [0, 0.1) is 11.8 Å². The van der Waals surface area contributed by atoms with Gasteiger partial charge in [0.25, 0.3) is 0 Å². The highest BCUT2D eigenvalue weighted by Crippen LogP contribution is 2.52. The summed E-state index contributed by atoms with van der Waals surface area (Å²) >= 11 is 0. The van der Waals surface area contributed by atoms with Gasteiger partial charge in [-0.25, -0.2) is 0 Å². The Labute approximate surface area is 120 Å². The summed E-state index contributed by atoms with van der Waals surface area (Å²) in [6.07, 6.45) is 5.28. The summed E-state index contributed by atoms with van der Waals surface area (Å²) < 4.78 is 5.80. The Morgan fingerprint density at radius 1 is 1.40 bits per heavy atom. The van der Waals surface area contributed by atoms with E-state index >= 15 is 0 Å². The third-order valence-electron chi connectivity index (χ3n) is 5.03. The number of hydrogen-bond donors (Lipinski definition) is 1. The van der Waals surface area contributed by atoms with Crippen molar-refractivity contribution in [1.29, 1.82) is 0 Å². The van der Waals surface area contributed by atoms with Crippen molar-refractivity contribution in [2.75, 3.05) is 0 Å². The van der Waals surface area contributed by atoms with Crippen molar-refractivity contribution in [3.05, 3.63) is 35.9 Å². The maximum absolute atomic E-state index is 12.2. The summed E-state index contributed by atoms with van der Waals surface area (Å²) in [6.45, 7) is 2.09. The van der Waals surface area contributed by atoms with Crippen molar-refractivity contribution in [2.24, 2.45) is 17.6 Å². The van der Waals surface area contributed by atoms with Crippen LogP contribution in [0.1, 0.15) is 38.2 Å². The van der Waals surface area contributed by atoms with E-state index in [4.69, 9.17) is 10.5 Å². The van der Waals surface area contributed by atoms with Crippen LogP contribution in [-0.4, -0.2) is 17.6 Å². The smallest absolute Gasteiger partial charge is 0.323 e. The predicted octanol–water partition coefficient (Wildman–Crippen LogP) is 2.68. The van der Waals surface area contributed by atoms with E-state index in [-0.39, 0.29) is 11.6 Å². The van der Waals surface area contributed by atoms with Gasteiger partial charge >= 0.3 is 5.97 Å². The van der Waals surface area contributed by atoms with Gasteiger partial charge < -0.3 is 10.5 Å². The molecule has 0 radical (unpaired) electrons. The Morgan fingerprint density at radius 3 is 2.75 bits per heavy atom. The largest absolute Gasteiger partial charge is 0.458 e. The zero-order valence-corrected chi connectivity index (χ0v) is 12.0. The molecule has 2 fully saturated rings. The van der Waals surface area contributed by atoms with Gasteiger partial charge in [-0.1, -0.05) is 30.3 Å². The third-order valence-corrected chi connectivity index (χ3v) is 5.03. The first-order valence-corrected chi connectivity index (χ1v) is 7.59. The molecule has 0 aliphatic heterocycles. The molecule has 0 heterocycles. The van der Waals surface area contributed by atoms with Crippen molar-refractivity contribution in [1.82, 2.24) is 0 Å². The average Bonchev–Trinajstić information content (AvgIpc) is 2.99. The molecule has 2 bridgehead atoms. The average molecular weight is 273 g/mol. The van der Waals surface area contributed by atoms with Crippen molar-refractivity contribution < 1.29 is 9.53 Å². The van der Waals surface area contributed by atoms with Crippen molar-refractivity contribution >= 4 is 5.97 Å². The molecular formula is C17H23NO2. The molecule has 3 heteroatoms. The van der Waals surface area contributed by atoms with E-state index in [1.54, 1.807) is 0 Å². The Hall–Kier alpha value is -1.35. The lowest BCUT2D eigenvalue weighted by molar-refractivity contribution is -0.165. The van der Waals surface area contributed by atoms with Gasteiger partial charge in [-0.2, -0.15) is 0 Å². The van der Waals surface area contributed by atoms with Gasteiger partial charge in [-0.15, -0.1) is 0 Å². The van der Waals surface area contributed by atoms with Crippen LogP contribution >= 0.6 is 0 Å². The molecule has 0 spiro atoms. The third kappa shape index (κ3) is 2.59. The van der Waals surface area contributed by atoms with Gasteiger partial charge in [0, 0.05) is 0 Å². The monoisotopic (exact) mass is 273 g/mol. The van der Waals surface area contributed by atoms with E-state index in [9.17, 15) is 4.79 Å². The predicted molar refractivity (Wildman–Crippen MR) is 78.1 cm³/mol. The molecule has 0 amide bonds. The number of benzene rings is 1. The minimum Gasteiger partial charge on any atom is -0.458 e. The van der Waals surface area contributed by atoms with Crippen molar-refractivity contribution in [3.8, 4) is 0 Å². The summed E-state index contributed by atoms with van der Waals surface area (Å²) in [5, 5.41) is 0. The number of fused-ring (bicyclic) bond motifs is 2. The number of nitrogens with two attached hydrogens (primary N) is 1. The maximum atomic E-state index is 12.2. The number of carbonyl (C=O) groups excluding carboxylic acids is 1. The number of carbonyl (C=O) groups is 1. The number of ether oxygens (including phenoxy) is 1. The van der Waals surface area contributed by atoms with Crippen LogP contribution in [0.15, 0.2) is 30.3 Å². The number of esters is 1. The Bertz CT molecular complexity index is 487. The zero-order chi connectivity index (χ0) is 14.2. The molecule has 4 unspecified atom stereocenters. The van der Waals surface area contributed by atoms with Gasteiger partial charge in [0.2, 0.25) is 0 Å². The topological polar surface area (TPSA) is 52.3 Å². The van der Waals surface area contributed by atoms with Crippen LogP contribution < -0.4 is 5.73 Å². The van der Waals surface area contributed by atoms with Gasteiger partial charge in [0.05, 0.1) is 0 Å². The van der Waals surface area contributed by atoms with Gasteiger partial charge in [-0.05, 0) is 56.4 Å². The molecule has 2 N–H and O–H groups in total. The van der Waals surface area contributed by atoms with Gasteiger partial charge in [0.1, 0.15) is 11.6 Å². The minimum atomic E-state index is -0.562. The first-order chi connectivity index (χ1) is 9.57. The molecular weight excluding hydrogens is 250 g/mol. The molecule has 108 valence electrons. The summed E-state index contributed by atoms with van der Waals surface area (Å²) in [5.74, 6) is 1.05. The van der Waals surface area contributed by atoms with E-state index in [1.165, 1.54) is 19.3 Å². The van der Waals surface area contributed by atoms with Crippen molar-refractivity contribution in [2.45, 2.75) is 50.7 Å². The fraction of sp³-hybridized carbons (Fsp3) is 0.588. The van der Waals surface area contributed by atoms with E-state index < -0.39 is 6.04 Å². The summed E-state index contributed by atoms with van der Waals surface area (Å²) in [7, 11) is 0. The SMILES string of the molecule is CC1(OC(=O)C(N)Cc2ccccc2)CC2CCC1C2. The Morgan fingerprint density at radius 2 is 2.15 bits per heavy atom. The molecule has 0 saturated heterocycles. The van der Waals surface area contributed by atoms with Crippen LogP contribution in [0.2, 0.25) is 0 Å². The standard InChI is InChI=1S/C17H23NO2/c1-17(11-13-7-8-14(17)9-13)20-16(19)15(18)10-12-5-3-2-4-6-12/h2-6,13-15H,7-11,18H2,1H3. The first-order valence-electron chi connectivity index (χ1n) is 7.59. The normalized spacial score (nSPS) is 33.1. The molecule has 3 rings (SSSR count). The Kier molecular flexibility index (Phi) is 3.55. The Balaban J connectivity index is 1.59. The maximum Gasteiger partial charge on any atom is 0.323 e. The van der Waals surface area contributed by atoms with E-state index in [0.29, 0.717) is 12.3 Å². The lowest BCUT2D eigenvalue weighted by Gasteiger charge is -2.34. The lowest BCUT2D eigenvalue weighted by Crippen LogP contribution is -2.43. The molecule has 2 aliphatic carbocycles. The van der Waals surface area contributed by atoms with E-state index in [1.807, 2.05) is 30.3 Å². The summed E-state index contributed by atoms with van der Waals surface area (Å²) in [5.41, 5.74) is 6.82. The molecule has 0 aromatic heterocycles. The first kappa shape index (κ1) is 13.6. The molecule has 2 saturated carbocycles.